The van der Waals surface area contributed by atoms with Crippen LogP contribution in [0.15, 0.2) is 71.6 Å². The Kier molecular flexibility index (Phi) is 7.28. The Hall–Kier alpha value is -3.83. The molecule has 192 valence electrons. The van der Waals surface area contributed by atoms with Crippen molar-refractivity contribution in [2.75, 3.05) is 7.11 Å². The van der Waals surface area contributed by atoms with Crippen molar-refractivity contribution in [3.05, 3.63) is 83.4 Å². The van der Waals surface area contributed by atoms with Crippen LogP contribution in [0.4, 0.5) is 0 Å². The molecule has 1 amide bonds. The summed E-state index contributed by atoms with van der Waals surface area (Å²) in [5, 5.41) is 0. The molecule has 0 aliphatic rings. The van der Waals surface area contributed by atoms with Crippen molar-refractivity contribution in [3.8, 4) is 5.75 Å². The lowest BCUT2D eigenvalue weighted by Gasteiger charge is -2.21. The number of benzene rings is 3. The standard InChI is InChI=1S/C26H25N3O6S2/c1-26(2,3)18-9-11-20(12-10-18)37(32,33)29-24(30)23(16-8-13-21-22(15-16)28-36-27-21)35-19-7-5-6-17(14-19)25(31)34-4/h5-15,23H,1-4H3,(H,29,30). The van der Waals surface area contributed by atoms with E-state index in [-0.39, 0.29) is 21.6 Å². The first-order chi connectivity index (χ1) is 17.5. The number of esters is 1. The van der Waals surface area contributed by atoms with Gasteiger partial charge in [-0.25, -0.2) is 17.9 Å². The predicted octanol–water partition coefficient (Wildman–Crippen LogP) is 4.40. The number of fused-ring (bicyclic) bond motifs is 1. The van der Waals surface area contributed by atoms with Gasteiger partial charge in [-0.2, -0.15) is 8.75 Å². The maximum absolute atomic E-state index is 13.4. The molecule has 0 aliphatic heterocycles. The van der Waals surface area contributed by atoms with Crippen LogP contribution in [-0.4, -0.2) is 36.2 Å². The molecule has 1 heterocycles. The Bertz CT molecular complexity index is 1560. The zero-order valence-corrected chi connectivity index (χ0v) is 22.2. The van der Waals surface area contributed by atoms with Crippen molar-refractivity contribution in [1.29, 1.82) is 0 Å². The zero-order valence-electron chi connectivity index (χ0n) is 20.6. The lowest BCUT2D eigenvalue weighted by molar-refractivity contribution is -0.126. The molecule has 9 nitrogen and oxygen atoms in total. The number of carbonyl (C=O) groups excluding carboxylic acids is 2. The minimum Gasteiger partial charge on any atom is -0.476 e. The van der Waals surface area contributed by atoms with E-state index in [2.05, 4.69) is 13.5 Å². The summed E-state index contributed by atoms with van der Waals surface area (Å²) in [7, 11) is -2.95. The summed E-state index contributed by atoms with van der Waals surface area (Å²) >= 11 is 1.01. The van der Waals surface area contributed by atoms with Crippen molar-refractivity contribution < 1.29 is 27.5 Å². The van der Waals surface area contributed by atoms with Gasteiger partial charge in [0.15, 0.2) is 0 Å². The first kappa shape index (κ1) is 26.2. The fraction of sp³-hybridized carbons (Fsp3) is 0.231. The molecular weight excluding hydrogens is 514 g/mol. The third kappa shape index (κ3) is 5.95. The second kappa shape index (κ2) is 10.3. The van der Waals surface area contributed by atoms with Crippen molar-refractivity contribution in [1.82, 2.24) is 13.5 Å². The molecule has 1 aromatic heterocycles. The highest BCUT2D eigenvalue weighted by Gasteiger charge is 2.29. The van der Waals surface area contributed by atoms with Crippen molar-refractivity contribution in [2.24, 2.45) is 0 Å². The Morgan fingerprint density at radius 3 is 2.32 bits per heavy atom. The Morgan fingerprint density at radius 1 is 0.946 bits per heavy atom. The lowest BCUT2D eigenvalue weighted by Crippen LogP contribution is -2.37. The predicted molar refractivity (Wildman–Crippen MR) is 139 cm³/mol. The Balaban J connectivity index is 1.67. The SMILES string of the molecule is COC(=O)c1cccc(OC(C(=O)NS(=O)(=O)c2ccc(C(C)(C)C)cc2)c2ccc3nsnc3c2)c1. The number of aromatic nitrogens is 2. The van der Waals surface area contributed by atoms with Gasteiger partial charge in [0.2, 0.25) is 6.10 Å². The van der Waals surface area contributed by atoms with Crippen LogP contribution in [0.2, 0.25) is 0 Å². The smallest absolute Gasteiger partial charge is 0.337 e. The van der Waals surface area contributed by atoms with Gasteiger partial charge in [0, 0.05) is 5.56 Å². The number of nitrogens with zero attached hydrogens (tertiary/aromatic N) is 2. The monoisotopic (exact) mass is 539 g/mol. The van der Waals surface area contributed by atoms with Crippen LogP contribution < -0.4 is 9.46 Å². The van der Waals surface area contributed by atoms with Crippen LogP contribution in [-0.2, 0) is 25.0 Å². The number of carbonyl (C=O) groups is 2. The maximum Gasteiger partial charge on any atom is 0.337 e. The number of hydrogen-bond acceptors (Lipinski definition) is 9. The molecule has 0 aliphatic carbocycles. The molecule has 4 aromatic rings. The fourth-order valence-corrected chi connectivity index (χ4v) is 5.07. The molecule has 0 saturated heterocycles. The summed E-state index contributed by atoms with van der Waals surface area (Å²) in [5.74, 6) is -1.32. The van der Waals surface area contributed by atoms with E-state index in [1.165, 1.54) is 31.4 Å². The molecule has 0 saturated carbocycles. The number of sulfonamides is 1. The van der Waals surface area contributed by atoms with Gasteiger partial charge < -0.3 is 9.47 Å². The van der Waals surface area contributed by atoms with E-state index < -0.39 is 28.0 Å². The van der Waals surface area contributed by atoms with Crippen LogP contribution in [0.25, 0.3) is 11.0 Å². The van der Waals surface area contributed by atoms with Crippen molar-refractivity contribution >= 4 is 44.7 Å². The number of ether oxygens (including phenoxy) is 2. The summed E-state index contributed by atoms with van der Waals surface area (Å²) in [4.78, 5) is 25.3. The molecule has 0 fully saturated rings. The van der Waals surface area contributed by atoms with E-state index in [1.807, 2.05) is 20.8 Å². The van der Waals surface area contributed by atoms with Gasteiger partial charge in [0.25, 0.3) is 15.9 Å². The van der Waals surface area contributed by atoms with Gasteiger partial charge in [-0.05, 0) is 53.4 Å². The third-order valence-electron chi connectivity index (χ3n) is 5.59. The topological polar surface area (TPSA) is 125 Å². The molecule has 0 bridgehead atoms. The van der Waals surface area contributed by atoms with Crippen molar-refractivity contribution in [2.45, 2.75) is 37.2 Å². The second-order valence-electron chi connectivity index (χ2n) is 9.27. The van der Waals surface area contributed by atoms with Gasteiger partial charge in [-0.3, -0.25) is 4.79 Å². The minimum atomic E-state index is -4.20. The van der Waals surface area contributed by atoms with Gasteiger partial charge in [-0.1, -0.05) is 45.0 Å². The van der Waals surface area contributed by atoms with E-state index in [0.717, 1.165) is 17.3 Å². The summed E-state index contributed by atoms with van der Waals surface area (Å²) in [6.45, 7) is 6.05. The van der Waals surface area contributed by atoms with Crippen LogP contribution >= 0.6 is 11.7 Å². The minimum absolute atomic E-state index is 0.0561. The number of methoxy groups -OCH3 is 1. The van der Waals surface area contributed by atoms with Crippen molar-refractivity contribution in [3.63, 3.8) is 0 Å². The number of amides is 1. The quantitative estimate of drug-likeness (QED) is 0.343. The normalized spacial score (nSPS) is 12.6. The van der Waals surface area contributed by atoms with Crippen LogP contribution in [0.1, 0.15) is 48.4 Å². The highest BCUT2D eigenvalue weighted by atomic mass is 32.2. The lowest BCUT2D eigenvalue weighted by atomic mass is 9.87. The van der Waals surface area contributed by atoms with Crippen LogP contribution in [0.3, 0.4) is 0 Å². The molecule has 0 radical (unpaired) electrons. The summed E-state index contributed by atoms with van der Waals surface area (Å²) in [6.07, 6.45) is -1.37. The van der Waals surface area contributed by atoms with E-state index in [0.29, 0.717) is 16.6 Å². The number of rotatable bonds is 7. The van der Waals surface area contributed by atoms with E-state index in [4.69, 9.17) is 9.47 Å². The van der Waals surface area contributed by atoms with E-state index in [9.17, 15) is 18.0 Å². The molecule has 1 N–H and O–H groups in total. The van der Waals surface area contributed by atoms with Crippen LogP contribution in [0.5, 0.6) is 5.75 Å². The maximum atomic E-state index is 13.4. The highest BCUT2D eigenvalue weighted by molar-refractivity contribution is 7.90. The zero-order chi connectivity index (χ0) is 26.8. The molecule has 1 unspecified atom stereocenters. The second-order valence-corrected chi connectivity index (χ2v) is 11.5. The van der Waals surface area contributed by atoms with E-state index >= 15 is 0 Å². The first-order valence-corrected chi connectivity index (χ1v) is 13.4. The molecule has 37 heavy (non-hydrogen) atoms. The first-order valence-electron chi connectivity index (χ1n) is 11.2. The molecule has 3 aromatic carbocycles. The summed E-state index contributed by atoms with van der Waals surface area (Å²) < 4.78 is 47.3. The molecule has 4 rings (SSSR count). The number of hydrogen-bond donors (Lipinski definition) is 1. The Labute approximate surface area is 218 Å². The number of nitrogens with one attached hydrogen (secondary N) is 1. The van der Waals surface area contributed by atoms with Gasteiger partial charge in [-0.15, -0.1) is 0 Å². The van der Waals surface area contributed by atoms with Gasteiger partial charge in [0.05, 0.1) is 29.3 Å². The van der Waals surface area contributed by atoms with Crippen LogP contribution in [0, 0.1) is 0 Å². The average molecular weight is 540 g/mol. The van der Waals surface area contributed by atoms with Gasteiger partial charge >= 0.3 is 5.97 Å². The summed E-state index contributed by atoms with van der Waals surface area (Å²) in [5.41, 5.74) is 2.53. The molecule has 0 spiro atoms. The third-order valence-corrected chi connectivity index (χ3v) is 7.51. The van der Waals surface area contributed by atoms with E-state index in [1.54, 1.807) is 42.5 Å². The highest BCUT2D eigenvalue weighted by Crippen LogP contribution is 2.27. The molecular formula is C26H25N3O6S2. The average Bonchev–Trinajstić information content (AvgIpc) is 3.34. The van der Waals surface area contributed by atoms with Gasteiger partial charge in [0.1, 0.15) is 16.8 Å². The largest absolute Gasteiger partial charge is 0.476 e. The fourth-order valence-electron chi connectivity index (χ4n) is 3.56. The molecule has 1 atom stereocenters. The summed E-state index contributed by atoms with van der Waals surface area (Å²) in [6, 6.07) is 17.3. The Morgan fingerprint density at radius 2 is 1.65 bits per heavy atom. The molecule has 11 heteroatoms.